The molecule has 4 heteroatoms. The van der Waals surface area contributed by atoms with E-state index in [-0.39, 0.29) is 6.09 Å². The van der Waals surface area contributed by atoms with E-state index in [1.807, 2.05) is 31.9 Å². The Morgan fingerprint density at radius 3 is 2.28 bits per heavy atom. The number of fused-ring (bicyclic) bond motifs is 1. The Hall–Kier alpha value is -1.19. The van der Waals surface area contributed by atoms with Crippen LogP contribution in [-0.2, 0) is 9.47 Å². The van der Waals surface area contributed by atoms with Gasteiger partial charge in [0.25, 0.3) is 0 Å². The van der Waals surface area contributed by atoms with Crippen molar-refractivity contribution in [2.24, 2.45) is 11.8 Å². The highest BCUT2D eigenvalue weighted by atomic mass is 16.6. The summed E-state index contributed by atoms with van der Waals surface area (Å²) in [4.78, 5) is 13.8. The molecule has 2 rings (SSSR count). The number of rotatable bonds is 1. The standard InChI is InChI=1S/C14H23NO3/c1-14(2,3)18-13(16)15-7-11-5-10(9-17-4)6-12(11)8-15/h9,11-12H,5-8H2,1-4H3. The molecule has 2 unspecified atom stereocenters. The number of allylic oxidation sites excluding steroid dienone is 1. The Morgan fingerprint density at radius 2 is 1.83 bits per heavy atom. The van der Waals surface area contributed by atoms with Gasteiger partial charge in [0.15, 0.2) is 0 Å². The lowest BCUT2D eigenvalue weighted by molar-refractivity contribution is 0.0282. The third kappa shape index (κ3) is 2.98. The molecule has 0 aromatic heterocycles. The van der Waals surface area contributed by atoms with Crippen LogP contribution in [0.1, 0.15) is 33.6 Å². The van der Waals surface area contributed by atoms with Crippen LogP contribution in [-0.4, -0.2) is 36.8 Å². The van der Waals surface area contributed by atoms with Crippen molar-refractivity contribution < 1.29 is 14.3 Å². The van der Waals surface area contributed by atoms with E-state index in [1.165, 1.54) is 5.57 Å². The minimum Gasteiger partial charge on any atom is -0.504 e. The molecular formula is C14H23NO3. The first kappa shape index (κ1) is 13.2. The van der Waals surface area contributed by atoms with Crippen LogP contribution in [0.15, 0.2) is 11.8 Å². The molecule has 2 aliphatic rings. The van der Waals surface area contributed by atoms with Gasteiger partial charge in [0.05, 0.1) is 13.4 Å². The highest BCUT2D eigenvalue weighted by Crippen LogP contribution is 2.41. The van der Waals surface area contributed by atoms with Crippen molar-refractivity contribution in [3.8, 4) is 0 Å². The van der Waals surface area contributed by atoms with Gasteiger partial charge in [-0.1, -0.05) is 0 Å². The summed E-state index contributed by atoms with van der Waals surface area (Å²) in [7, 11) is 1.69. The van der Waals surface area contributed by atoms with E-state index < -0.39 is 5.60 Å². The first-order valence-corrected chi connectivity index (χ1v) is 6.57. The Balaban J connectivity index is 1.89. The van der Waals surface area contributed by atoms with Crippen molar-refractivity contribution in [2.45, 2.75) is 39.2 Å². The summed E-state index contributed by atoms with van der Waals surface area (Å²) in [5, 5.41) is 0. The lowest BCUT2D eigenvalue weighted by Gasteiger charge is -2.24. The van der Waals surface area contributed by atoms with E-state index in [0.717, 1.165) is 25.9 Å². The molecule has 18 heavy (non-hydrogen) atoms. The van der Waals surface area contributed by atoms with Crippen LogP contribution in [0.5, 0.6) is 0 Å². The number of methoxy groups -OCH3 is 1. The van der Waals surface area contributed by atoms with Gasteiger partial charge in [-0.15, -0.1) is 0 Å². The highest BCUT2D eigenvalue weighted by molar-refractivity contribution is 5.68. The Bertz CT molecular complexity index is 341. The minimum atomic E-state index is -0.407. The van der Waals surface area contributed by atoms with Gasteiger partial charge in [-0.2, -0.15) is 0 Å². The number of likely N-dealkylation sites (tertiary alicyclic amines) is 1. The van der Waals surface area contributed by atoms with Crippen LogP contribution in [0.4, 0.5) is 4.79 Å². The monoisotopic (exact) mass is 253 g/mol. The average molecular weight is 253 g/mol. The Labute approximate surface area is 109 Å². The fourth-order valence-corrected chi connectivity index (χ4v) is 2.90. The van der Waals surface area contributed by atoms with Crippen LogP contribution >= 0.6 is 0 Å². The molecule has 2 fully saturated rings. The summed E-state index contributed by atoms with van der Waals surface area (Å²) in [5.41, 5.74) is 0.965. The van der Waals surface area contributed by atoms with Gasteiger partial charge in [-0.3, -0.25) is 0 Å². The summed E-state index contributed by atoms with van der Waals surface area (Å²) >= 11 is 0. The van der Waals surface area contributed by atoms with Crippen LogP contribution < -0.4 is 0 Å². The predicted molar refractivity (Wildman–Crippen MR) is 69.1 cm³/mol. The third-order valence-corrected chi connectivity index (χ3v) is 3.56. The van der Waals surface area contributed by atoms with Crippen molar-refractivity contribution in [3.05, 3.63) is 11.8 Å². The van der Waals surface area contributed by atoms with Gasteiger partial charge in [0, 0.05) is 13.1 Å². The highest BCUT2D eigenvalue weighted by Gasteiger charge is 2.41. The molecule has 2 atom stereocenters. The first-order chi connectivity index (χ1) is 8.39. The van der Waals surface area contributed by atoms with Gasteiger partial charge in [-0.25, -0.2) is 4.79 Å². The van der Waals surface area contributed by atoms with Crippen LogP contribution in [0, 0.1) is 11.8 Å². The van der Waals surface area contributed by atoms with E-state index in [2.05, 4.69) is 0 Å². The largest absolute Gasteiger partial charge is 0.504 e. The maximum absolute atomic E-state index is 12.0. The van der Waals surface area contributed by atoms with Crippen molar-refractivity contribution >= 4 is 6.09 Å². The summed E-state index contributed by atoms with van der Waals surface area (Å²) in [6.45, 7) is 7.35. The van der Waals surface area contributed by atoms with Gasteiger partial charge in [-0.05, 0) is 51.0 Å². The molecule has 0 aromatic carbocycles. The number of amides is 1. The number of carbonyl (C=O) groups excluding carboxylic acids is 1. The maximum Gasteiger partial charge on any atom is 0.410 e. The van der Waals surface area contributed by atoms with Crippen molar-refractivity contribution in [3.63, 3.8) is 0 Å². The first-order valence-electron chi connectivity index (χ1n) is 6.57. The van der Waals surface area contributed by atoms with Crippen LogP contribution in [0.2, 0.25) is 0 Å². The fraction of sp³-hybridized carbons (Fsp3) is 0.786. The lowest BCUT2D eigenvalue weighted by Crippen LogP contribution is -2.35. The molecule has 1 saturated heterocycles. The molecule has 4 nitrogen and oxygen atoms in total. The topological polar surface area (TPSA) is 38.8 Å². The number of hydrogen-bond acceptors (Lipinski definition) is 3. The molecule has 1 aliphatic heterocycles. The molecule has 0 spiro atoms. The average Bonchev–Trinajstić information content (AvgIpc) is 2.72. The third-order valence-electron chi connectivity index (χ3n) is 3.56. The second-order valence-corrected chi connectivity index (χ2v) is 6.33. The molecule has 0 radical (unpaired) electrons. The predicted octanol–water partition coefficient (Wildman–Crippen LogP) is 2.79. The summed E-state index contributed by atoms with van der Waals surface area (Å²) in [5.74, 6) is 1.16. The molecule has 1 saturated carbocycles. The van der Waals surface area contributed by atoms with E-state index in [1.54, 1.807) is 7.11 Å². The van der Waals surface area contributed by atoms with Gasteiger partial charge in [0.1, 0.15) is 5.60 Å². The number of hydrogen-bond donors (Lipinski definition) is 0. The molecule has 0 bridgehead atoms. The SMILES string of the molecule is COC=C1CC2CN(C(=O)OC(C)(C)C)CC2C1. The van der Waals surface area contributed by atoms with E-state index in [0.29, 0.717) is 11.8 Å². The zero-order valence-electron chi connectivity index (χ0n) is 11.7. The smallest absolute Gasteiger partial charge is 0.410 e. The Kier molecular flexibility index (Phi) is 3.55. The molecule has 1 aliphatic carbocycles. The summed E-state index contributed by atoms with van der Waals surface area (Å²) in [6.07, 6.45) is 3.79. The van der Waals surface area contributed by atoms with Crippen molar-refractivity contribution in [1.29, 1.82) is 0 Å². The second-order valence-electron chi connectivity index (χ2n) is 6.33. The molecule has 0 aromatic rings. The van der Waals surface area contributed by atoms with Gasteiger partial charge in [0.2, 0.25) is 0 Å². The number of nitrogens with zero attached hydrogens (tertiary/aromatic N) is 1. The minimum absolute atomic E-state index is 0.172. The molecule has 1 heterocycles. The van der Waals surface area contributed by atoms with E-state index >= 15 is 0 Å². The lowest BCUT2D eigenvalue weighted by atomic mass is 10.0. The fourth-order valence-electron chi connectivity index (χ4n) is 2.90. The van der Waals surface area contributed by atoms with E-state index in [4.69, 9.17) is 9.47 Å². The zero-order chi connectivity index (χ0) is 13.3. The molecule has 1 amide bonds. The van der Waals surface area contributed by atoms with Gasteiger partial charge < -0.3 is 14.4 Å². The zero-order valence-corrected chi connectivity index (χ0v) is 11.7. The van der Waals surface area contributed by atoms with Crippen LogP contribution in [0.25, 0.3) is 0 Å². The number of ether oxygens (including phenoxy) is 2. The van der Waals surface area contributed by atoms with Crippen molar-refractivity contribution in [1.82, 2.24) is 4.90 Å². The molecule has 102 valence electrons. The number of carbonyl (C=O) groups is 1. The maximum atomic E-state index is 12.0. The van der Waals surface area contributed by atoms with Gasteiger partial charge >= 0.3 is 6.09 Å². The second kappa shape index (κ2) is 4.82. The summed E-state index contributed by atoms with van der Waals surface area (Å²) in [6, 6.07) is 0. The molecule has 0 N–H and O–H groups in total. The summed E-state index contributed by atoms with van der Waals surface area (Å²) < 4.78 is 10.5. The van der Waals surface area contributed by atoms with Crippen LogP contribution in [0.3, 0.4) is 0 Å². The Morgan fingerprint density at radius 1 is 1.28 bits per heavy atom. The van der Waals surface area contributed by atoms with E-state index in [9.17, 15) is 4.79 Å². The normalized spacial score (nSPS) is 27.1. The quantitative estimate of drug-likeness (QED) is 0.674. The molecular weight excluding hydrogens is 230 g/mol. The van der Waals surface area contributed by atoms with Crippen molar-refractivity contribution in [2.75, 3.05) is 20.2 Å².